The number of pyridine rings is 1. The van der Waals surface area contributed by atoms with Crippen LogP contribution < -0.4 is 10.3 Å². The molecular weight excluding hydrogens is 352 g/mol. The summed E-state index contributed by atoms with van der Waals surface area (Å²) in [4.78, 5) is 26.5. The van der Waals surface area contributed by atoms with Crippen molar-refractivity contribution < 1.29 is 4.74 Å². The summed E-state index contributed by atoms with van der Waals surface area (Å²) in [5.41, 5.74) is 2.44. The lowest BCUT2D eigenvalue weighted by Gasteiger charge is -2.31. The van der Waals surface area contributed by atoms with E-state index in [0.717, 1.165) is 49.7 Å². The van der Waals surface area contributed by atoms with Crippen molar-refractivity contribution in [3.05, 3.63) is 76.5 Å². The Morgan fingerprint density at radius 3 is 2.64 bits per heavy atom. The van der Waals surface area contributed by atoms with Crippen LogP contribution in [0.5, 0.6) is 5.75 Å². The number of H-pyrrole nitrogens is 1. The van der Waals surface area contributed by atoms with Gasteiger partial charge in [0.1, 0.15) is 11.6 Å². The van der Waals surface area contributed by atoms with Gasteiger partial charge in [-0.3, -0.25) is 14.7 Å². The number of ether oxygens (including phenoxy) is 1. The second kappa shape index (κ2) is 8.35. The van der Waals surface area contributed by atoms with Crippen molar-refractivity contribution in [3.63, 3.8) is 0 Å². The standard InChI is InChI=1S/C22H24N4O2/c1-28-20-8-3-2-6-17(20)15-26-12-9-16(10-13-26)22-24-19(14-21(27)25-22)18-7-4-5-11-23-18/h2-8,11,14,16H,9-10,12-13,15H2,1H3,(H,24,25,27). The highest BCUT2D eigenvalue weighted by Crippen LogP contribution is 2.28. The van der Waals surface area contributed by atoms with Gasteiger partial charge in [-0.1, -0.05) is 24.3 Å². The lowest BCUT2D eigenvalue weighted by atomic mass is 9.95. The first-order valence-corrected chi connectivity index (χ1v) is 9.60. The summed E-state index contributed by atoms with van der Waals surface area (Å²) in [7, 11) is 1.71. The molecule has 0 amide bonds. The van der Waals surface area contributed by atoms with Gasteiger partial charge in [-0.05, 0) is 44.1 Å². The van der Waals surface area contributed by atoms with Crippen molar-refractivity contribution in [2.24, 2.45) is 0 Å². The Hall–Kier alpha value is -2.99. The number of piperidine rings is 1. The van der Waals surface area contributed by atoms with E-state index in [1.165, 1.54) is 11.6 Å². The number of likely N-dealkylation sites (tertiary alicyclic amines) is 1. The zero-order chi connectivity index (χ0) is 19.3. The average Bonchev–Trinajstić information content (AvgIpc) is 2.75. The highest BCUT2D eigenvalue weighted by molar-refractivity contribution is 5.52. The van der Waals surface area contributed by atoms with E-state index in [0.29, 0.717) is 5.69 Å². The van der Waals surface area contributed by atoms with E-state index in [9.17, 15) is 4.79 Å². The first kappa shape index (κ1) is 18.4. The van der Waals surface area contributed by atoms with Crippen LogP contribution in [-0.2, 0) is 6.54 Å². The smallest absolute Gasteiger partial charge is 0.251 e. The number of aromatic amines is 1. The Morgan fingerprint density at radius 1 is 1.11 bits per heavy atom. The number of para-hydroxylation sites is 1. The van der Waals surface area contributed by atoms with Gasteiger partial charge in [-0.2, -0.15) is 0 Å². The summed E-state index contributed by atoms with van der Waals surface area (Å²) in [6, 6.07) is 15.3. The number of hydrogen-bond donors (Lipinski definition) is 1. The lowest BCUT2D eigenvalue weighted by molar-refractivity contribution is 0.199. The van der Waals surface area contributed by atoms with Crippen LogP contribution in [0.2, 0.25) is 0 Å². The van der Waals surface area contributed by atoms with Crippen molar-refractivity contribution in [2.45, 2.75) is 25.3 Å². The van der Waals surface area contributed by atoms with E-state index < -0.39 is 0 Å². The third kappa shape index (κ3) is 4.12. The molecule has 0 bridgehead atoms. The molecule has 144 valence electrons. The predicted molar refractivity (Wildman–Crippen MR) is 108 cm³/mol. The third-order valence-electron chi connectivity index (χ3n) is 5.25. The Bertz CT molecular complexity index is 979. The first-order chi connectivity index (χ1) is 13.7. The van der Waals surface area contributed by atoms with E-state index in [2.05, 4.69) is 20.9 Å². The van der Waals surface area contributed by atoms with E-state index in [1.807, 2.05) is 36.4 Å². The van der Waals surface area contributed by atoms with Gasteiger partial charge in [0.25, 0.3) is 5.56 Å². The van der Waals surface area contributed by atoms with Gasteiger partial charge in [-0.15, -0.1) is 0 Å². The minimum atomic E-state index is -0.123. The van der Waals surface area contributed by atoms with Gasteiger partial charge < -0.3 is 9.72 Å². The van der Waals surface area contributed by atoms with Gasteiger partial charge in [0.15, 0.2) is 0 Å². The normalized spacial score (nSPS) is 15.5. The molecule has 1 aliphatic heterocycles. The Morgan fingerprint density at radius 2 is 1.89 bits per heavy atom. The second-order valence-corrected chi connectivity index (χ2v) is 7.09. The van der Waals surface area contributed by atoms with Gasteiger partial charge in [0.05, 0.1) is 18.5 Å². The Labute approximate surface area is 164 Å². The number of nitrogens with zero attached hydrogens (tertiary/aromatic N) is 3. The summed E-state index contributed by atoms with van der Waals surface area (Å²) in [5, 5.41) is 0. The van der Waals surface area contributed by atoms with Crippen LogP contribution in [0.1, 0.15) is 30.1 Å². The number of nitrogens with one attached hydrogen (secondary N) is 1. The number of aromatic nitrogens is 3. The van der Waals surface area contributed by atoms with Gasteiger partial charge in [0.2, 0.25) is 0 Å². The van der Waals surface area contributed by atoms with E-state index in [-0.39, 0.29) is 11.5 Å². The zero-order valence-corrected chi connectivity index (χ0v) is 16.0. The van der Waals surface area contributed by atoms with Crippen molar-refractivity contribution in [1.82, 2.24) is 19.9 Å². The first-order valence-electron chi connectivity index (χ1n) is 9.60. The van der Waals surface area contributed by atoms with E-state index in [4.69, 9.17) is 9.72 Å². The molecular formula is C22H24N4O2. The summed E-state index contributed by atoms with van der Waals surface area (Å²) < 4.78 is 5.46. The fourth-order valence-electron chi connectivity index (χ4n) is 3.75. The van der Waals surface area contributed by atoms with Gasteiger partial charge in [-0.25, -0.2) is 4.98 Å². The molecule has 1 fully saturated rings. The molecule has 6 nitrogen and oxygen atoms in total. The zero-order valence-electron chi connectivity index (χ0n) is 16.0. The van der Waals surface area contributed by atoms with E-state index in [1.54, 1.807) is 13.3 Å². The van der Waals surface area contributed by atoms with Crippen molar-refractivity contribution >= 4 is 0 Å². The molecule has 1 aromatic carbocycles. The fourth-order valence-corrected chi connectivity index (χ4v) is 3.75. The van der Waals surface area contributed by atoms with Crippen LogP contribution in [0.15, 0.2) is 59.5 Å². The highest BCUT2D eigenvalue weighted by Gasteiger charge is 2.23. The maximum Gasteiger partial charge on any atom is 0.251 e. The topological polar surface area (TPSA) is 71.1 Å². The lowest BCUT2D eigenvalue weighted by Crippen LogP contribution is -2.33. The van der Waals surface area contributed by atoms with Crippen molar-refractivity contribution in [3.8, 4) is 17.1 Å². The van der Waals surface area contributed by atoms with Gasteiger partial charge >= 0.3 is 0 Å². The number of hydrogen-bond acceptors (Lipinski definition) is 5. The van der Waals surface area contributed by atoms with E-state index >= 15 is 0 Å². The Balaban J connectivity index is 1.45. The maximum atomic E-state index is 12.2. The molecule has 0 saturated carbocycles. The molecule has 1 aliphatic rings. The molecule has 0 unspecified atom stereocenters. The maximum absolute atomic E-state index is 12.2. The minimum absolute atomic E-state index is 0.123. The molecule has 1 N–H and O–H groups in total. The Kier molecular flexibility index (Phi) is 5.48. The van der Waals surface area contributed by atoms with Crippen LogP contribution >= 0.6 is 0 Å². The van der Waals surface area contributed by atoms with Crippen LogP contribution in [-0.4, -0.2) is 40.1 Å². The van der Waals surface area contributed by atoms with Crippen molar-refractivity contribution in [2.75, 3.05) is 20.2 Å². The molecule has 2 aromatic heterocycles. The molecule has 3 aromatic rings. The summed E-state index contributed by atoms with van der Waals surface area (Å²) in [6.07, 6.45) is 3.64. The third-order valence-corrected chi connectivity index (χ3v) is 5.25. The molecule has 28 heavy (non-hydrogen) atoms. The molecule has 4 rings (SSSR count). The van der Waals surface area contributed by atoms with Gasteiger partial charge in [0, 0.05) is 30.3 Å². The highest BCUT2D eigenvalue weighted by atomic mass is 16.5. The number of benzene rings is 1. The largest absolute Gasteiger partial charge is 0.496 e. The fraction of sp³-hybridized carbons (Fsp3) is 0.318. The predicted octanol–water partition coefficient (Wildman–Crippen LogP) is 3.22. The quantitative estimate of drug-likeness (QED) is 0.740. The van der Waals surface area contributed by atoms with Crippen LogP contribution in [0.25, 0.3) is 11.4 Å². The molecule has 6 heteroatoms. The molecule has 1 saturated heterocycles. The molecule has 0 atom stereocenters. The monoisotopic (exact) mass is 376 g/mol. The SMILES string of the molecule is COc1ccccc1CN1CCC(c2nc(-c3ccccn3)cc(=O)[nH]2)CC1. The second-order valence-electron chi connectivity index (χ2n) is 7.09. The summed E-state index contributed by atoms with van der Waals surface area (Å²) >= 11 is 0. The summed E-state index contributed by atoms with van der Waals surface area (Å²) in [5.74, 6) is 1.95. The van der Waals surface area contributed by atoms with Crippen LogP contribution in [0.3, 0.4) is 0 Å². The van der Waals surface area contributed by atoms with Crippen LogP contribution in [0, 0.1) is 0 Å². The number of methoxy groups -OCH3 is 1. The summed E-state index contributed by atoms with van der Waals surface area (Å²) in [6.45, 7) is 2.79. The van der Waals surface area contributed by atoms with Crippen molar-refractivity contribution in [1.29, 1.82) is 0 Å². The molecule has 0 spiro atoms. The number of rotatable bonds is 5. The molecule has 3 heterocycles. The molecule has 0 aliphatic carbocycles. The average molecular weight is 376 g/mol. The minimum Gasteiger partial charge on any atom is -0.496 e. The molecule has 0 radical (unpaired) electrons. The van der Waals surface area contributed by atoms with Crippen LogP contribution in [0.4, 0.5) is 0 Å².